The maximum Gasteiger partial charge on any atom is 0.148 e. The second kappa shape index (κ2) is 2.73. The minimum absolute atomic E-state index is 0.454. The monoisotopic (exact) mass is 139 g/mol. The normalized spacial score (nSPS) is 10.4. The number of aryl methyl sites for hydroxylation is 1. The molecule has 1 rings (SSSR count). The van der Waals surface area contributed by atoms with Crippen LogP contribution in [0.3, 0.4) is 0 Å². The SMILES string of the molecule is CC(C)Nc1ccn(C)n1. The van der Waals surface area contributed by atoms with Crippen molar-refractivity contribution in [3.8, 4) is 0 Å². The Hall–Kier alpha value is -0.990. The van der Waals surface area contributed by atoms with Gasteiger partial charge in [-0.2, -0.15) is 5.10 Å². The van der Waals surface area contributed by atoms with Crippen LogP contribution in [0.15, 0.2) is 12.3 Å². The molecule has 0 spiro atoms. The van der Waals surface area contributed by atoms with E-state index in [1.54, 1.807) is 4.68 Å². The summed E-state index contributed by atoms with van der Waals surface area (Å²) in [5.74, 6) is 0.942. The summed E-state index contributed by atoms with van der Waals surface area (Å²) in [6.07, 6.45) is 1.92. The lowest BCUT2D eigenvalue weighted by molar-refractivity contribution is 0.761. The van der Waals surface area contributed by atoms with Gasteiger partial charge in [-0.15, -0.1) is 0 Å². The highest BCUT2D eigenvalue weighted by Gasteiger charge is 1.95. The van der Waals surface area contributed by atoms with Crippen LogP contribution < -0.4 is 5.32 Å². The van der Waals surface area contributed by atoms with Crippen LogP contribution in [0, 0.1) is 0 Å². The summed E-state index contributed by atoms with van der Waals surface area (Å²) in [6.45, 7) is 4.18. The first-order chi connectivity index (χ1) is 4.68. The Morgan fingerprint density at radius 1 is 1.60 bits per heavy atom. The van der Waals surface area contributed by atoms with Gasteiger partial charge in [0.25, 0.3) is 0 Å². The first kappa shape index (κ1) is 7.12. The highest BCUT2D eigenvalue weighted by atomic mass is 15.3. The molecule has 0 atom stereocenters. The van der Waals surface area contributed by atoms with Gasteiger partial charge in [-0.1, -0.05) is 0 Å². The molecule has 0 aliphatic carbocycles. The lowest BCUT2D eigenvalue weighted by atomic mass is 10.4. The molecule has 10 heavy (non-hydrogen) atoms. The second-order valence-electron chi connectivity index (χ2n) is 2.67. The first-order valence-electron chi connectivity index (χ1n) is 3.44. The molecule has 56 valence electrons. The van der Waals surface area contributed by atoms with Crippen LogP contribution in [-0.2, 0) is 7.05 Å². The van der Waals surface area contributed by atoms with Crippen molar-refractivity contribution in [2.24, 2.45) is 7.05 Å². The summed E-state index contributed by atoms with van der Waals surface area (Å²) in [5.41, 5.74) is 0. The van der Waals surface area contributed by atoms with Crippen LogP contribution in [0.4, 0.5) is 5.82 Å². The molecule has 0 radical (unpaired) electrons. The van der Waals surface area contributed by atoms with Crippen molar-refractivity contribution in [2.45, 2.75) is 19.9 Å². The van der Waals surface area contributed by atoms with E-state index in [0.717, 1.165) is 5.82 Å². The maximum atomic E-state index is 4.16. The van der Waals surface area contributed by atoms with Crippen molar-refractivity contribution in [3.63, 3.8) is 0 Å². The third-order valence-corrected chi connectivity index (χ3v) is 1.15. The average molecular weight is 139 g/mol. The molecule has 3 heteroatoms. The summed E-state index contributed by atoms with van der Waals surface area (Å²) >= 11 is 0. The number of nitrogens with zero attached hydrogens (tertiary/aromatic N) is 2. The van der Waals surface area contributed by atoms with E-state index in [4.69, 9.17) is 0 Å². The minimum atomic E-state index is 0.454. The zero-order valence-corrected chi connectivity index (χ0v) is 6.63. The third kappa shape index (κ3) is 1.76. The van der Waals surface area contributed by atoms with Crippen LogP contribution in [0.5, 0.6) is 0 Å². The molecular formula is C7H13N3. The van der Waals surface area contributed by atoms with Crippen LogP contribution >= 0.6 is 0 Å². The van der Waals surface area contributed by atoms with Crippen molar-refractivity contribution < 1.29 is 0 Å². The topological polar surface area (TPSA) is 29.9 Å². The second-order valence-corrected chi connectivity index (χ2v) is 2.67. The lowest BCUT2D eigenvalue weighted by Crippen LogP contribution is -2.10. The zero-order chi connectivity index (χ0) is 7.56. The smallest absolute Gasteiger partial charge is 0.148 e. The standard InChI is InChI=1S/C7H13N3/c1-6(2)8-7-4-5-10(3)9-7/h4-6H,1-3H3,(H,8,9). The molecular weight excluding hydrogens is 126 g/mol. The molecule has 1 N–H and O–H groups in total. The number of nitrogens with one attached hydrogen (secondary N) is 1. The van der Waals surface area contributed by atoms with Gasteiger partial charge in [0.2, 0.25) is 0 Å². The van der Waals surface area contributed by atoms with E-state index in [2.05, 4.69) is 24.3 Å². The molecule has 0 fully saturated rings. The van der Waals surface area contributed by atoms with Crippen molar-refractivity contribution in [1.82, 2.24) is 9.78 Å². The van der Waals surface area contributed by atoms with Crippen LogP contribution in [0.25, 0.3) is 0 Å². The average Bonchev–Trinajstić information content (AvgIpc) is 2.13. The number of hydrogen-bond acceptors (Lipinski definition) is 2. The van der Waals surface area contributed by atoms with Gasteiger partial charge >= 0.3 is 0 Å². The molecule has 0 aliphatic rings. The van der Waals surface area contributed by atoms with Gasteiger partial charge < -0.3 is 5.32 Å². The molecule has 0 bridgehead atoms. The van der Waals surface area contributed by atoms with Crippen molar-refractivity contribution in [1.29, 1.82) is 0 Å². The summed E-state index contributed by atoms with van der Waals surface area (Å²) in [4.78, 5) is 0. The van der Waals surface area contributed by atoms with Gasteiger partial charge in [-0.3, -0.25) is 4.68 Å². The number of aromatic nitrogens is 2. The highest BCUT2D eigenvalue weighted by Crippen LogP contribution is 2.01. The zero-order valence-electron chi connectivity index (χ0n) is 6.63. The largest absolute Gasteiger partial charge is 0.366 e. The van der Waals surface area contributed by atoms with Gasteiger partial charge in [0, 0.05) is 25.4 Å². The fourth-order valence-electron chi connectivity index (χ4n) is 0.788. The van der Waals surface area contributed by atoms with E-state index in [1.807, 2.05) is 19.3 Å². The molecule has 3 nitrogen and oxygen atoms in total. The van der Waals surface area contributed by atoms with E-state index >= 15 is 0 Å². The molecule has 0 saturated carbocycles. The quantitative estimate of drug-likeness (QED) is 0.668. The van der Waals surface area contributed by atoms with E-state index in [-0.39, 0.29) is 0 Å². The molecule has 0 aliphatic heterocycles. The Morgan fingerprint density at radius 2 is 2.30 bits per heavy atom. The molecule has 1 aromatic rings. The van der Waals surface area contributed by atoms with Crippen molar-refractivity contribution in [2.75, 3.05) is 5.32 Å². The predicted molar refractivity (Wildman–Crippen MR) is 42.0 cm³/mol. The Balaban J connectivity index is 2.58. The fourth-order valence-corrected chi connectivity index (χ4v) is 0.788. The Labute approximate surface area is 61.0 Å². The summed E-state index contributed by atoms with van der Waals surface area (Å²) in [7, 11) is 1.91. The van der Waals surface area contributed by atoms with Gasteiger partial charge in [0.05, 0.1) is 0 Å². The molecule has 1 heterocycles. The summed E-state index contributed by atoms with van der Waals surface area (Å²) in [5, 5.41) is 7.35. The van der Waals surface area contributed by atoms with Crippen molar-refractivity contribution >= 4 is 5.82 Å². The molecule has 0 aromatic carbocycles. The molecule has 0 amide bonds. The van der Waals surface area contributed by atoms with Gasteiger partial charge in [-0.05, 0) is 13.8 Å². The number of hydrogen-bond donors (Lipinski definition) is 1. The maximum absolute atomic E-state index is 4.16. The lowest BCUT2D eigenvalue weighted by Gasteiger charge is -2.04. The Kier molecular flexibility index (Phi) is 1.94. The Bertz CT molecular complexity index is 202. The van der Waals surface area contributed by atoms with E-state index < -0.39 is 0 Å². The van der Waals surface area contributed by atoms with E-state index in [9.17, 15) is 0 Å². The Morgan fingerprint density at radius 3 is 2.70 bits per heavy atom. The van der Waals surface area contributed by atoms with E-state index in [1.165, 1.54) is 0 Å². The van der Waals surface area contributed by atoms with Gasteiger partial charge in [0.15, 0.2) is 0 Å². The molecule has 1 aromatic heterocycles. The van der Waals surface area contributed by atoms with E-state index in [0.29, 0.717) is 6.04 Å². The van der Waals surface area contributed by atoms with Crippen LogP contribution in [-0.4, -0.2) is 15.8 Å². The number of rotatable bonds is 2. The molecule has 0 saturated heterocycles. The third-order valence-electron chi connectivity index (χ3n) is 1.15. The summed E-state index contributed by atoms with van der Waals surface area (Å²) in [6, 6.07) is 2.41. The molecule has 0 unspecified atom stereocenters. The number of anilines is 1. The minimum Gasteiger partial charge on any atom is -0.366 e. The predicted octanol–water partition coefficient (Wildman–Crippen LogP) is 1.24. The summed E-state index contributed by atoms with van der Waals surface area (Å²) < 4.78 is 1.78. The fraction of sp³-hybridized carbons (Fsp3) is 0.571. The van der Waals surface area contributed by atoms with Crippen molar-refractivity contribution in [3.05, 3.63) is 12.3 Å². The van der Waals surface area contributed by atoms with Gasteiger partial charge in [-0.25, -0.2) is 0 Å². The van der Waals surface area contributed by atoms with Crippen LogP contribution in [0.1, 0.15) is 13.8 Å². The first-order valence-corrected chi connectivity index (χ1v) is 3.44. The highest BCUT2D eigenvalue weighted by molar-refractivity contribution is 5.32. The van der Waals surface area contributed by atoms with Crippen LogP contribution in [0.2, 0.25) is 0 Å². The van der Waals surface area contributed by atoms with Gasteiger partial charge in [0.1, 0.15) is 5.82 Å².